The van der Waals surface area contributed by atoms with Gasteiger partial charge in [-0.25, -0.2) is 9.18 Å². The molecule has 0 fully saturated rings. The van der Waals surface area contributed by atoms with Gasteiger partial charge < -0.3 is 20.5 Å². The average Bonchev–Trinajstić information content (AvgIpc) is 3.12. The van der Waals surface area contributed by atoms with Crippen LogP contribution in [0.25, 0.3) is 5.82 Å². The minimum Gasteiger partial charge on any atom is -0.497 e. The van der Waals surface area contributed by atoms with Gasteiger partial charge >= 0.3 is 5.69 Å². The van der Waals surface area contributed by atoms with E-state index in [1.165, 1.54) is 26.4 Å². The van der Waals surface area contributed by atoms with E-state index >= 15 is 4.39 Å². The first-order valence-electron chi connectivity index (χ1n) is 10.5. The molecular weight excluding hydrogens is 584 g/mol. The highest BCUT2D eigenvalue weighted by Crippen LogP contribution is 2.35. The molecule has 0 radical (unpaired) electrons. The van der Waals surface area contributed by atoms with Crippen molar-refractivity contribution in [2.45, 2.75) is 6.04 Å². The maximum absolute atomic E-state index is 15.5. The number of ether oxygens (including phenoxy) is 2. The number of hydrogen-bond donors (Lipinski definition) is 5. The van der Waals surface area contributed by atoms with Crippen molar-refractivity contribution >= 4 is 42.4 Å². The molecular formula is C23H23FIN7O4. The Labute approximate surface area is 215 Å². The van der Waals surface area contributed by atoms with Crippen LogP contribution >= 0.6 is 21.0 Å². The maximum atomic E-state index is 15.5. The van der Waals surface area contributed by atoms with Crippen molar-refractivity contribution in [3.63, 3.8) is 0 Å². The Morgan fingerprint density at radius 1 is 1.25 bits per heavy atom. The molecule has 4 rings (SSSR count). The van der Waals surface area contributed by atoms with Crippen molar-refractivity contribution in [1.29, 1.82) is 5.41 Å². The molecule has 2 aromatic carbocycles. The fourth-order valence-electron chi connectivity index (χ4n) is 3.43. The van der Waals surface area contributed by atoms with Gasteiger partial charge in [-0.1, -0.05) is 12.2 Å². The molecule has 13 heteroatoms. The molecule has 0 spiro atoms. The first-order chi connectivity index (χ1) is 17.3. The molecule has 0 aliphatic carbocycles. The number of anilines is 1. The summed E-state index contributed by atoms with van der Waals surface area (Å²) in [5, 5.41) is 25.5. The lowest BCUT2D eigenvalue weighted by Gasteiger charge is -2.21. The highest BCUT2D eigenvalue weighted by atomic mass is 127. The van der Waals surface area contributed by atoms with E-state index in [-0.39, 0.29) is 28.8 Å². The molecule has 1 aliphatic heterocycles. The molecule has 36 heavy (non-hydrogen) atoms. The largest absolute Gasteiger partial charge is 0.497 e. The smallest absolute Gasteiger partial charge is 0.349 e. The van der Waals surface area contributed by atoms with Gasteiger partial charge in [0.15, 0.2) is 23.2 Å². The van der Waals surface area contributed by atoms with Gasteiger partial charge in [0.05, 0.1) is 14.2 Å². The zero-order chi connectivity index (χ0) is 25.8. The van der Waals surface area contributed by atoms with E-state index in [0.29, 0.717) is 17.0 Å². The van der Waals surface area contributed by atoms with Gasteiger partial charge in [-0.15, -0.1) is 5.10 Å². The number of methoxy groups -OCH3 is 2. The number of nitrogens with zero attached hydrogens (tertiary/aromatic N) is 3. The number of rotatable bonds is 8. The van der Waals surface area contributed by atoms with Crippen LogP contribution in [-0.4, -0.2) is 47.3 Å². The number of nitrogens with two attached hydrogens (primary N) is 1. The summed E-state index contributed by atoms with van der Waals surface area (Å²) in [6, 6.07) is 8.50. The minimum atomic E-state index is -0.999. The number of allylic oxidation sites excluding steroid dienone is 3. The molecule has 11 nitrogen and oxygen atoms in total. The van der Waals surface area contributed by atoms with Crippen LogP contribution in [0, 0.1) is 11.2 Å². The number of H-pyrrole nitrogens is 1. The summed E-state index contributed by atoms with van der Waals surface area (Å²) in [7, 11) is 2.78. The molecule has 2 heterocycles. The molecule has 0 saturated carbocycles. The maximum Gasteiger partial charge on any atom is 0.349 e. The molecule has 3 aromatic rings. The first kappa shape index (κ1) is 25.1. The summed E-state index contributed by atoms with van der Waals surface area (Å²) < 4.78 is 29.8. The van der Waals surface area contributed by atoms with Crippen LogP contribution in [0.5, 0.6) is 11.5 Å². The van der Waals surface area contributed by atoms with Gasteiger partial charge in [0.2, 0.25) is 0 Å². The molecule has 0 bridgehead atoms. The lowest BCUT2D eigenvalue weighted by atomic mass is 10.0. The van der Waals surface area contributed by atoms with Crippen LogP contribution in [0.15, 0.2) is 59.4 Å². The second-order valence-electron chi connectivity index (χ2n) is 7.42. The fraction of sp³-hybridized carbons (Fsp3) is 0.130. The Balaban J connectivity index is 1.84. The molecule has 1 unspecified atom stereocenters. The molecule has 6 N–H and O–H groups in total. The fourth-order valence-corrected chi connectivity index (χ4v) is 4.81. The SMILES string of the molecule is COc1cc(OC)c(F)c(C(Nc2ccc(C(=N)N)cc2)c2nn(C3=CC=CC=IN3O)c(=O)[nH]2)c1. The van der Waals surface area contributed by atoms with E-state index < -0.39 is 38.6 Å². The molecule has 188 valence electrons. The number of nitrogens with one attached hydrogen (secondary N) is 3. The normalized spacial score (nSPS) is 13.9. The van der Waals surface area contributed by atoms with Crippen molar-refractivity contribution in [2.24, 2.45) is 5.73 Å². The van der Waals surface area contributed by atoms with Crippen molar-refractivity contribution in [3.8, 4) is 11.5 Å². The van der Waals surface area contributed by atoms with Crippen LogP contribution in [0.4, 0.5) is 10.1 Å². The van der Waals surface area contributed by atoms with E-state index in [2.05, 4.69) is 15.4 Å². The summed E-state index contributed by atoms with van der Waals surface area (Å²) in [6.07, 6.45) is 5.01. The molecule has 0 saturated heterocycles. The molecule has 1 atom stereocenters. The second-order valence-corrected chi connectivity index (χ2v) is 9.61. The van der Waals surface area contributed by atoms with Crippen LogP contribution in [0.2, 0.25) is 0 Å². The standard InChI is InChI=1S/C23H23FIN7O4/c1-35-15-11-16(19(24)17(12-15)36-2)20(28-14-8-6-13(7-9-14)21(26)27)22-29-23(33)31(30-22)18-5-3-4-10-25-32(18)34/h3-12,20,28,34H,1-2H3,(H3,26,27)(H,29,30,33). The van der Waals surface area contributed by atoms with Crippen LogP contribution in [0.3, 0.4) is 0 Å². The number of hydroxylamine groups is 1. The molecule has 0 amide bonds. The summed E-state index contributed by atoms with van der Waals surface area (Å²) in [6.45, 7) is 0. The Hall–Kier alpha value is -3.98. The summed E-state index contributed by atoms with van der Waals surface area (Å²) in [5.41, 5.74) is 6.08. The van der Waals surface area contributed by atoms with Crippen molar-refractivity contribution < 1.29 is 19.1 Å². The number of nitrogen functional groups attached to an aromatic ring is 1. The van der Waals surface area contributed by atoms with E-state index in [1.54, 1.807) is 42.5 Å². The number of aromatic amines is 1. The Bertz CT molecular complexity index is 1430. The highest BCUT2D eigenvalue weighted by molar-refractivity contribution is 14.2. The van der Waals surface area contributed by atoms with E-state index in [4.69, 9.17) is 20.6 Å². The van der Waals surface area contributed by atoms with Crippen molar-refractivity contribution in [2.75, 3.05) is 19.5 Å². The van der Waals surface area contributed by atoms with Gasteiger partial charge in [-0.05, 0) is 40.4 Å². The third-order valence-electron chi connectivity index (χ3n) is 5.21. The van der Waals surface area contributed by atoms with E-state index in [1.807, 2.05) is 4.01 Å². The van der Waals surface area contributed by atoms with Gasteiger partial charge in [-0.3, -0.25) is 15.6 Å². The Morgan fingerprint density at radius 2 is 2.00 bits per heavy atom. The lowest BCUT2D eigenvalue weighted by molar-refractivity contribution is 0.0968. The summed E-state index contributed by atoms with van der Waals surface area (Å²) in [5.74, 6) is -0.245. The van der Waals surface area contributed by atoms with E-state index in [9.17, 15) is 10.0 Å². The third-order valence-corrected chi connectivity index (χ3v) is 6.97. The number of hydrogen-bond acceptors (Lipinski definition) is 8. The summed E-state index contributed by atoms with van der Waals surface area (Å²) in [4.78, 5) is 15.5. The predicted molar refractivity (Wildman–Crippen MR) is 142 cm³/mol. The monoisotopic (exact) mass is 607 g/mol. The highest BCUT2D eigenvalue weighted by Gasteiger charge is 2.27. The number of benzene rings is 2. The third kappa shape index (κ3) is 5.16. The topological polar surface area (TPSA) is 155 Å². The Kier molecular flexibility index (Phi) is 7.49. The number of amidine groups is 1. The van der Waals surface area contributed by atoms with Crippen molar-refractivity contribution in [1.82, 2.24) is 18.0 Å². The molecule has 1 aromatic heterocycles. The average molecular weight is 607 g/mol. The van der Waals surface area contributed by atoms with Gasteiger partial charge in [-0.2, -0.15) is 7.96 Å². The predicted octanol–water partition coefficient (Wildman–Crippen LogP) is 2.96. The quantitative estimate of drug-likeness (QED) is 0.113. The second kappa shape index (κ2) is 10.7. The molecule has 1 aliphatic rings. The van der Waals surface area contributed by atoms with Gasteiger partial charge in [0.25, 0.3) is 0 Å². The van der Waals surface area contributed by atoms with Crippen LogP contribution in [0.1, 0.15) is 23.0 Å². The van der Waals surface area contributed by atoms with Crippen LogP contribution in [-0.2, 0) is 0 Å². The first-order valence-corrected chi connectivity index (χ1v) is 12.7. The van der Waals surface area contributed by atoms with Gasteiger partial charge in [0.1, 0.15) is 17.6 Å². The zero-order valence-corrected chi connectivity index (χ0v) is 21.4. The van der Waals surface area contributed by atoms with Crippen molar-refractivity contribution in [3.05, 3.63) is 87.9 Å². The van der Waals surface area contributed by atoms with E-state index in [0.717, 1.165) is 7.96 Å². The van der Waals surface area contributed by atoms with Gasteiger partial charge in [0, 0.05) is 43.9 Å². The summed E-state index contributed by atoms with van der Waals surface area (Å²) >= 11 is -0.915. The number of aromatic nitrogens is 3. The van der Waals surface area contributed by atoms with Crippen LogP contribution < -0.4 is 26.2 Å². The Morgan fingerprint density at radius 3 is 2.67 bits per heavy atom. The lowest BCUT2D eigenvalue weighted by Crippen LogP contribution is -2.23. The zero-order valence-electron chi connectivity index (χ0n) is 19.2. The minimum absolute atomic E-state index is 0.0525. The number of halogens is 2.